The standard InChI is InChI=1S/2C23H34N6O.C23H32N6/c1-15-12-16(2)21(24)20(13-15)28-22(30)19-14-26-23(27-17(19)3)25-9-5-6-18-7-10-29(4)11-8-18;1-15-12-16(2)21(20(24)13-15)28-22(30)19-14-26-23(27-17(19)3)25-9-5-6-18-7-10-29(4)11-8-18;1-15-12-16(2)21-20(13-15)27-22(28-21)19-14-25-23(26-17(19)3)24-9-5-6-18-7-10-29(4)11-8-18/h2*12-14,18H,5-11,24H2,1-4H3,(H,28,30)(H,25,26,27);12-14,18H,5-11H2,1-4H3,(H,27,28)(H,24,25,26). The molecule has 0 bridgehead atoms. The number of carbonyl (C=O) groups excluding carboxylic acids is 2. The molecule has 3 saturated heterocycles. The molecule has 3 aliphatic rings. The number of nitrogens with zero attached hydrogens (tertiary/aromatic N) is 10. The number of amides is 2. The highest BCUT2D eigenvalue weighted by Gasteiger charge is 2.21. The second-order valence-corrected chi connectivity index (χ2v) is 25.6. The molecule has 7 heterocycles. The number of rotatable bonds is 20. The monoisotopic (exact) mass is 1210 g/mol. The van der Waals surface area contributed by atoms with E-state index in [2.05, 4.69) is 123 Å². The van der Waals surface area contributed by atoms with Gasteiger partial charge in [0.25, 0.3) is 11.8 Å². The van der Waals surface area contributed by atoms with Crippen LogP contribution in [-0.4, -0.2) is 146 Å². The number of hydrogen-bond acceptors (Lipinski definition) is 17. The van der Waals surface area contributed by atoms with E-state index in [4.69, 9.17) is 16.5 Å². The predicted molar refractivity (Wildman–Crippen MR) is 365 cm³/mol. The molecule has 3 aromatic carbocycles. The molecule has 3 fully saturated rings. The first-order valence-corrected chi connectivity index (χ1v) is 32.3. The second-order valence-electron chi connectivity index (χ2n) is 25.6. The van der Waals surface area contributed by atoms with Crippen molar-refractivity contribution in [2.45, 2.75) is 139 Å². The number of nitrogens with one attached hydrogen (secondary N) is 6. The first-order valence-electron chi connectivity index (χ1n) is 32.3. The number of nitrogen functional groups attached to an aromatic ring is 2. The summed E-state index contributed by atoms with van der Waals surface area (Å²) < 4.78 is 0. The van der Waals surface area contributed by atoms with Gasteiger partial charge in [-0.1, -0.05) is 18.2 Å². The lowest BCUT2D eigenvalue weighted by Gasteiger charge is -2.28. The lowest BCUT2D eigenvalue weighted by atomic mass is 9.92. The summed E-state index contributed by atoms with van der Waals surface area (Å²) in [6.45, 7) is 27.6. The van der Waals surface area contributed by atoms with Crippen LogP contribution in [0.2, 0.25) is 0 Å². The number of hydrogen-bond donors (Lipinski definition) is 8. The van der Waals surface area contributed by atoms with E-state index in [-0.39, 0.29) is 11.8 Å². The van der Waals surface area contributed by atoms with Gasteiger partial charge in [0, 0.05) is 38.2 Å². The van der Waals surface area contributed by atoms with Crippen molar-refractivity contribution in [1.29, 1.82) is 0 Å². The number of piperidine rings is 3. The lowest BCUT2D eigenvalue weighted by molar-refractivity contribution is 0.101. The number of aromatic nitrogens is 8. The van der Waals surface area contributed by atoms with Gasteiger partial charge in [-0.15, -0.1) is 0 Å². The highest BCUT2D eigenvalue weighted by molar-refractivity contribution is 6.07. The molecular weight excluding hydrogens is 1110 g/mol. The quantitative estimate of drug-likeness (QED) is 0.0260. The molecule has 0 atom stereocenters. The van der Waals surface area contributed by atoms with Gasteiger partial charge in [-0.25, -0.2) is 34.9 Å². The van der Waals surface area contributed by atoms with Crippen LogP contribution >= 0.6 is 0 Å². The number of carbonyl (C=O) groups is 2. The number of aryl methyl sites for hydroxylation is 9. The van der Waals surface area contributed by atoms with Crippen LogP contribution in [0, 0.1) is 80.1 Å². The number of benzene rings is 3. The Kier molecular flexibility index (Phi) is 24.2. The first-order chi connectivity index (χ1) is 42.7. The summed E-state index contributed by atoms with van der Waals surface area (Å²) in [5.74, 6) is 4.70. The van der Waals surface area contributed by atoms with E-state index < -0.39 is 0 Å². The molecule has 0 aliphatic carbocycles. The van der Waals surface area contributed by atoms with Crippen LogP contribution in [0.3, 0.4) is 0 Å². The zero-order valence-corrected chi connectivity index (χ0v) is 55.2. The topological polar surface area (TPSA) is 262 Å². The van der Waals surface area contributed by atoms with E-state index in [9.17, 15) is 9.59 Å². The minimum atomic E-state index is -0.252. The molecule has 3 aliphatic heterocycles. The summed E-state index contributed by atoms with van der Waals surface area (Å²) in [5, 5.41) is 15.8. The fourth-order valence-corrected chi connectivity index (χ4v) is 12.4. The highest BCUT2D eigenvalue weighted by Crippen LogP contribution is 2.30. The summed E-state index contributed by atoms with van der Waals surface area (Å²) in [5.41, 5.74) is 27.1. The summed E-state index contributed by atoms with van der Waals surface area (Å²) in [4.78, 5) is 67.7. The molecule has 20 nitrogen and oxygen atoms in total. The van der Waals surface area contributed by atoms with Crippen molar-refractivity contribution in [2.24, 2.45) is 17.8 Å². The molecule has 7 aromatic rings. The zero-order chi connectivity index (χ0) is 63.7. The van der Waals surface area contributed by atoms with Crippen molar-refractivity contribution in [3.63, 3.8) is 0 Å². The predicted octanol–water partition coefficient (Wildman–Crippen LogP) is 12.0. The highest BCUT2D eigenvalue weighted by atomic mass is 16.2. The van der Waals surface area contributed by atoms with Crippen molar-refractivity contribution in [2.75, 3.05) is 118 Å². The Morgan fingerprint density at radius 1 is 0.506 bits per heavy atom. The Morgan fingerprint density at radius 3 is 1.38 bits per heavy atom. The van der Waals surface area contributed by atoms with Crippen molar-refractivity contribution < 1.29 is 9.59 Å². The smallest absolute Gasteiger partial charge is 0.259 e. The fourth-order valence-electron chi connectivity index (χ4n) is 12.4. The average Bonchev–Trinajstić information content (AvgIpc) is 2.09. The fraction of sp³-hybridized carbons (Fsp3) is 0.522. The second kappa shape index (κ2) is 32.1. The van der Waals surface area contributed by atoms with Gasteiger partial charge < -0.3 is 57.7 Å². The minimum absolute atomic E-state index is 0.250. The molecule has 478 valence electrons. The number of anilines is 7. The van der Waals surface area contributed by atoms with Crippen LogP contribution in [0.15, 0.2) is 55.0 Å². The summed E-state index contributed by atoms with van der Waals surface area (Å²) in [6.07, 6.45) is 20.0. The maximum Gasteiger partial charge on any atom is 0.259 e. The van der Waals surface area contributed by atoms with Crippen LogP contribution in [-0.2, 0) is 0 Å². The van der Waals surface area contributed by atoms with Gasteiger partial charge in [-0.2, -0.15) is 0 Å². The Hall–Kier alpha value is -7.81. The summed E-state index contributed by atoms with van der Waals surface area (Å²) in [6, 6.07) is 12.0. The lowest BCUT2D eigenvalue weighted by Crippen LogP contribution is -2.30. The van der Waals surface area contributed by atoms with Gasteiger partial charge in [-0.3, -0.25) is 9.59 Å². The van der Waals surface area contributed by atoms with Crippen LogP contribution in [0.4, 0.5) is 40.6 Å². The number of aromatic amines is 1. The molecule has 0 unspecified atom stereocenters. The number of H-pyrrole nitrogens is 1. The largest absolute Gasteiger partial charge is 0.397 e. The van der Waals surface area contributed by atoms with Gasteiger partial charge in [0.2, 0.25) is 17.8 Å². The maximum atomic E-state index is 12.7. The molecule has 0 radical (unpaired) electrons. The third-order valence-corrected chi connectivity index (χ3v) is 17.9. The number of imidazole rings is 1. The minimum Gasteiger partial charge on any atom is -0.397 e. The summed E-state index contributed by atoms with van der Waals surface area (Å²) in [7, 11) is 6.60. The van der Waals surface area contributed by atoms with Crippen LogP contribution < -0.4 is 38.1 Å². The van der Waals surface area contributed by atoms with Crippen molar-refractivity contribution >= 4 is 63.4 Å². The molecule has 2 amide bonds. The average molecular weight is 1210 g/mol. The molecule has 4 aromatic heterocycles. The van der Waals surface area contributed by atoms with Crippen molar-refractivity contribution in [3.05, 3.63) is 117 Å². The van der Waals surface area contributed by atoms with Crippen LogP contribution in [0.25, 0.3) is 22.4 Å². The van der Waals surface area contributed by atoms with Crippen LogP contribution in [0.1, 0.15) is 148 Å². The Labute approximate surface area is 528 Å². The van der Waals surface area contributed by atoms with E-state index in [0.717, 1.165) is 101 Å². The van der Waals surface area contributed by atoms with Gasteiger partial charge in [0.1, 0.15) is 5.82 Å². The van der Waals surface area contributed by atoms with Gasteiger partial charge in [0.05, 0.1) is 67.6 Å². The van der Waals surface area contributed by atoms with Gasteiger partial charge in [0.15, 0.2) is 0 Å². The number of nitrogens with two attached hydrogens (primary N) is 2. The molecule has 10 rings (SSSR count). The normalized spacial score (nSPS) is 15.4. The molecule has 0 saturated carbocycles. The Morgan fingerprint density at radius 2 is 0.921 bits per heavy atom. The molecule has 10 N–H and O–H groups in total. The van der Waals surface area contributed by atoms with Gasteiger partial charge in [-0.05, 0) is 269 Å². The van der Waals surface area contributed by atoms with Gasteiger partial charge >= 0.3 is 0 Å². The molecule has 20 heteroatoms. The third-order valence-electron chi connectivity index (χ3n) is 17.9. The number of fused-ring (bicyclic) bond motifs is 1. The van der Waals surface area contributed by atoms with Crippen molar-refractivity contribution in [3.8, 4) is 11.4 Å². The Balaban J connectivity index is 0.000000173. The summed E-state index contributed by atoms with van der Waals surface area (Å²) >= 11 is 0. The molecule has 0 spiro atoms. The number of likely N-dealkylation sites (tertiary alicyclic amines) is 3. The van der Waals surface area contributed by atoms with Crippen LogP contribution in [0.5, 0.6) is 0 Å². The molecular formula is C69H100N18O2. The molecule has 89 heavy (non-hydrogen) atoms. The van der Waals surface area contributed by atoms with E-state index in [0.29, 0.717) is 63.1 Å². The third kappa shape index (κ3) is 19.6. The first kappa shape index (κ1) is 67.1. The van der Waals surface area contributed by atoms with E-state index >= 15 is 0 Å². The van der Waals surface area contributed by atoms with Crippen molar-refractivity contribution in [1.82, 2.24) is 54.6 Å². The van der Waals surface area contributed by atoms with E-state index in [1.807, 2.05) is 78.9 Å². The zero-order valence-electron chi connectivity index (χ0n) is 55.2. The maximum absolute atomic E-state index is 12.7. The Bertz CT molecular complexity index is 3460. The van der Waals surface area contributed by atoms with E-state index in [1.165, 1.54) is 115 Å². The van der Waals surface area contributed by atoms with E-state index in [1.54, 1.807) is 12.4 Å². The SMILES string of the molecule is Cc1cc(C)c(N)c(NC(=O)c2cnc(NCCCC3CCN(C)CC3)nc2C)c1.Cc1cc(C)c(NC(=O)c2cnc(NCCCC3CCN(C)CC3)nc2C)c(N)c1.Cc1cc(C)c2nc(-c3cnc(NCCCC4CCN(C)CC4)nc3C)[nH]c2c1.